The van der Waals surface area contributed by atoms with Gasteiger partial charge in [0.25, 0.3) is 5.56 Å². The van der Waals surface area contributed by atoms with Gasteiger partial charge in [0.2, 0.25) is 5.91 Å². The molecule has 0 aliphatic carbocycles. The first-order valence-electron chi connectivity index (χ1n) is 8.69. The number of anilines is 1. The smallest absolute Gasteiger partial charge is 0.326 e. The van der Waals surface area contributed by atoms with Crippen molar-refractivity contribution in [3.8, 4) is 0 Å². The van der Waals surface area contributed by atoms with Gasteiger partial charge in [0.05, 0.1) is 16.5 Å². The van der Waals surface area contributed by atoms with E-state index in [1.807, 2.05) is 0 Å². The Balaban J connectivity index is 1.60. The molecule has 5 nitrogen and oxygen atoms in total. The summed E-state index contributed by atoms with van der Waals surface area (Å²) in [5.41, 5.74) is -0.255. The first kappa shape index (κ1) is 19.6. The summed E-state index contributed by atoms with van der Waals surface area (Å²) in [6.07, 6.45) is -3.62. The number of para-hydroxylation sites is 1. The molecule has 2 aromatic carbocycles. The number of aromatic nitrogens is 2. The zero-order valence-corrected chi connectivity index (χ0v) is 15.1. The minimum absolute atomic E-state index is 0.0891. The van der Waals surface area contributed by atoms with Crippen molar-refractivity contribution in [3.05, 3.63) is 69.8 Å². The van der Waals surface area contributed by atoms with Gasteiger partial charge in [0.15, 0.2) is 0 Å². The lowest BCUT2D eigenvalue weighted by Crippen LogP contribution is -2.15. The Bertz CT molecular complexity index is 1070. The van der Waals surface area contributed by atoms with Crippen LogP contribution >= 0.6 is 0 Å². The molecule has 1 aromatic heterocycles. The van der Waals surface area contributed by atoms with Gasteiger partial charge in [-0.25, -0.2) is 4.98 Å². The number of aromatic amines is 1. The first-order chi connectivity index (χ1) is 13.2. The van der Waals surface area contributed by atoms with Crippen molar-refractivity contribution in [3.63, 3.8) is 0 Å². The van der Waals surface area contributed by atoms with Crippen LogP contribution in [0.3, 0.4) is 0 Å². The van der Waals surface area contributed by atoms with Gasteiger partial charge in [0, 0.05) is 18.5 Å². The van der Waals surface area contributed by atoms with Gasteiger partial charge < -0.3 is 10.3 Å². The number of amides is 1. The number of carbonyl (C=O) groups excluding carboxylic acids is 1. The van der Waals surface area contributed by atoms with E-state index >= 15 is 0 Å². The molecule has 1 heterocycles. The molecule has 0 saturated carbocycles. The highest BCUT2D eigenvalue weighted by molar-refractivity contribution is 5.90. The molecule has 0 bridgehead atoms. The Morgan fingerprint density at radius 1 is 1.18 bits per heavy atom. The van der Waals surface area contributed by atoms with E-state index in [-0.39, 0.29) is 23.2 Å². The number of benzene rings is 2. The molecular formula is C20H18F3N3O2. The highest BCUT2D eigenvalue weighted by Crippen LogP contribution is 2.33. The van der Waals surface area contributed by atoms with Crippen molar-refractivity contribution < 1.29 is 18.0 Å². The van der Waals surface area contributed by atoms with Crippen LogP contribution in [0.5, 0.6) is 0 Å². The molecule has 0 atom stereocenters. The zero-order valence-electron chi connectivity index (χ0n) is 15.1. The average molecular weight is 389 g/mol. The van der Waals surface area contributed by atoms with Crippen LogP contribution in [-0.4, -0.2) is 15.9 Å². The van der Waals surface area contributed by atoms with E-state index in [0.717, 1.165) is 6.07 Å². The molecule has 0 radical (unpaired) electrons. The number of alkyl halides is 3. The largest absolute Gasteiger partial charge is 0.416 e. The lowest BCUT2D eigenvalue weighted by molar-refractivity contribution is -0.138. The van der Waals surface area contributed by atoms with Gasteiger partial charge in [-0.15, -0.1) is 0 Å². The average Bonchev–Trinajstić information content (AvgIpc) is 2.62. The Morgan fingerprint density at radius 3 is 2.68 bits per heavy atom. The summed E-state index contributed by atoms with van der Waals surface area (Å²) in [4.78, 5) is 31.1. The number of rotatable bonds is 5. The van der Waals surface area contributed by atoms with Crippen LogP contribution in [0.25, 0.3) is 10.9 Å². The maximum atomic E-state index is 13.0. The first-order valence-corrected chi connectivity index (χ1v) is 8.69. The standard InChI is InChI=1S/C20H18F3N3O2/c1-12-9-10-13(11-15(12)20(21,22)23)24-18(27)8-4-7-17-25-16-6-3-2-5-14(16)19(28)26-17/h2-3,5-6,9-11H,4,7-8H2,1H3,(H,24,27)(H,25,26,28). The molecule has 3 rings (SSSR count). The van der Waals surface area contributed by atoms with Crippen LogP contribution in [0.1, 0.15) is 29.8 Å². The number of hydrogen-bond acceptors (Lipinski definition) is 3. The Kier molecular flexibility index (Phi) is 5.48. The fourth-order valence-corrected chi connectivity index (χ4v) is 2.90. The quantitative estimate of drug-likeness (QED) is 0.686. The fraction of sp³-hybridized carbons (Fsp3) is 0.250. The fourth-order valence-electron chi connectivity index (χ4n) is 2.90. The molecule has 1 amide bonds. The third-order valence-corrected chi connectivity index (χ3v) is 4.31. The molecular weight excluding hydrogens is 371 g/mol. The third-order valence-electron chi connectivity index (χ3n) is 4.31. The van der Waals surface area contributed by atoms with Crippen LogP contribution in [0, 0.1) is 6.92 Å². The topological polar surface area (TPSA) is 74.8 Å². The predicted molar refractivity (Wildman–Crippen MR) is 100 cm³/mol. The number of nitrogens with one attached hydrogen (secondary N) is 2. The highest BCUT2D eigenvalue weighted by atomic mass is 19.4. The molecule has 8 heteroatoms. The van der Waals surface area contributed by atoms with Gasteiger partial charge in [-0.3, -0.25) is 9.59 Å². The van der Waals surface area contributed by atoms with Crippen molar-refractivity contribution in [1.82, 2.24) is 9.97 Å². The molecule has 3 aromatic rings. The molecule has 0 fully saturated rings. The van der Waals surface area contributed by atoms with Gasteiger partial charge in [-0.2, -0.15) is 13.2 Å². The number of aryl methyl sites for hydroxylation is 2. The monoisotopic (exact) mass is 389 g/mol. The van der Waals surface area contributed by atoms with E-state index in [4.69, 9.17) is 0 Å². The van der Waals surface area contributed by atoms with Crippen LogP contribution in [0.2, 0.25) is 0 Å². The number of nitrogens with zero attached hydrogens (tertiary/aromatic N) is 1. The molecule has 2 N–H and O–H groups in total. The van der Waals surface area contributed by atoms with E-state index in [0.29, 0.717) is 29.6 Å². The van der Waals surface area contributed by atoms with Crippen molar-refractivity contribution in [2.75, 3.05) is 5.32 Å². The molecule has 0 aliphatic heterocycles. The predicted octanol–water partition coefficient (Wildman–Crippen LogP) is 4.21. The van der Waals surface area contributed by atoms with E-state index in [9.17, 15) is 22.8 Å². The summed E-state index contributed by atoms with van der Waals surface area (Å²) in [6.45, 7) is 1.37. The summed E-state index contributed by atoms with van der Waals surface area (Å²) in [6, 6.07) is 10.6. The van der Waals surface area contributed by atoms with Gasteiger partial charge in [0.1, 0.15) is 5.82 Å². The molecule has 0 unspecified atom stereocenters. The van der Waals surface area contributed by atoms with Crippen molar-refractivity contribution in [2.24, 2.45) is 0 Å². The number of hydrogen-bond donors (Lipinski definition) is 2. The molecule has 0 saturated heterocycles. The minimum atomic E-state index is -4.47. The molecule has 0 spiro atoms. The normalized spacial score (nSPS) is 11.6. The van der Waals surface area contributed by atoms with Crippen molar-refractivity contribution in [2.45, 2.75) is 32.4 Å². The van der Waals surface area contributed by atoms with Crippen molar-refractivity contribution >= 4 is 22.5 Å². The highest BCUT2D eigenvalue weighted by Gasteiger charge is 2.32. The Hall–Kier alpha value is -3.16. The van der Waals surface area contributed by atoms with Gasteiger partial charge >= 0.3 is 6.18 Å². The van der Waals surface area contributed by atoms with E-state index < -0.39 is 17.6 Å². The van der Waals surface area contributed by atoms with Crippen LogP contribution in [0.4, 0.5) is 18.9 Å². The van der Waals surface area contributed by atoms with E-state index in [1.165, 1.54) is 19.1 Å². The second-order valence-corrected chi connectivity index (χ2v) is 6.46. The number of fused-ring (bicyclic) bond motifs is 1. The van der Waals surface area contributed by atoms with Crippen molar-refractivity contribution in [1.29, 1.82) is 0 Å². The molecule has 0 aliphatic rings. The number of halogens is 3. The number of H-pyrrole nitrogens is 1. The number of carbonyl (C=O) groups is 1. The van der Waals surface area contributed by atoms with Crippen LogP contribution < -0.4 is 10.9 Å². The summed E-state index contributed by atoms with van der Waals surface area (Å²) in [5.74, 6) is 0.0614. The van der Waals surface area contributed by atoms with E-state index in [1.54, 1.807) is 24.3 Å². The second kappa shape index (κ2) is 7.84. The summed E-state index contributed by atoms with van der Waals surface area (Å²) in [7, 11) is 0. The summed E-state index contributed by atoms with van der Waals surface area (Å²) < 4.78 is 38.9. The lowest BCUT2D eigenvalue weighted by Gasteiger charge is -2.12. The van der Waals surface area contributed by atoms with Gasteiger partial charge in [-0.05, 0) is 43.2 Å². The molecule has 146 valence electrons. The second-order valence-electron chi connectivity index (χ2n) is 6.46. The minimum Gasteiger partial charge on any atom is -0.326 e. The maximum Gasteiger partial charge on any atom is 0.416 e. The SMILES string of the molecule is Cc1ccc(NC(=O)CCCc2nc3ccccc3c(=O)[nH]2)cc1C(F)(F)F. The van der Waals surface area contributed by atoms with Crippen LogP contribution in [-0.2, 0) is 17.4 Å². The lowest BCUT2D eigenvalue weighted by atomic mass is 10.1. The Morgan fingerprint density at radius 2 is 1.93 bits per heavy atom. The Labute approximate surface area is 158 Å². The molecule has 28 heavy (non-hydrogen) atoms. The zero-order chi connectivity index (χ0) is 20.3. The van der Waals surface area contributed by atoms with Crippen LogP contribution in [0.15, 0.2) is 47.3 Å². The van der Waals surface area contributed by atoms with E-state index in [2.05, 4.69) is 15.3 Å². The summed E-state index contributed by atoms with van der Waals surface area (Å²) in [5, 5.41) is 2.97. The maximum absolute atomic E-state index is 13.0. The summed E-state index contributed by atoms with van der Waals surface area (Å²) >= 11 is 0. The van der Waals surface area contributed by atoms with Gasteiger partial charge in [-0.1, -0.05) is 18.2 Å². The third kappa shape index (κ3) is 4.57.